The van der Waals surface area contributed by atoms with E-state index in [1.165, 1.54) is 24.5 Å². The van der Waals surface area contributed by atoms with Crippen LogP contribution in [0.1, 0.15) is 0 Å². The molecular formula is C12H8FN5O. The first-order valence-electron chi connectivity index (χ1n) is 5.40. The lowest BCUT2D eigenvalue weighted by Crippen LogP contribution is -1.96. The van der Waals surface area contributed by atoms with Crippen molar-refractivity contribution in [3.8, 4) is 23.0 Å². The molecule has 2 N–H and O–H groups in total. The summed E-state index contributed by atoms with van der Waals surface area (Å²) in [5.74, 6) is 0.226. The molecular weight excluding hydrogens is 249 g/mol. The van der Waals surface area contributed by atoms with Gasteiger partial charge >= 0.3 is 0 Å². The minimum absolute atomic E-state index is 0.143. The van der Waals surface area contributed by atoms with Gasteiger partial charge < -0.3 is 10.3 Å². The third-order valence-corrected chi connectivity index (χ3v) is 2.44. The Kier molecular flexibility index (Phi) is 2.64. The lowest BCUT2D eigenvalue weighted by Gasteiger charge is -1.95. The summed E-state index contributed by atoms with van der Waals surface area (Å²) in [6.45, 7) is 0. The van der Waals surface area contributed by atoms with E-state index in [9.17, 15) is 4.39 Å². The highest BCUT2D eigenvalue weighted by Gasteiger charge is 2.14. The van der Waals surface area contributed by atoms with Gasteiger partial charge in [-0.1, -0.05) is 17.3 Å². The quantitative estimate of drug-likeness (QED) is 0.754. The van der Waals surface area contributed by atoms with Gasteiger partial charge in [0.05, 0.1) is 0 Å². The smallest absolute Gasteiger partial charge is 0.280 e. The second-order valence-electron chi connectivity index (χ2n) is 3.72. The Labute approximate surface area is 107 Å². The normalized spacial score (nSPS) is 10.6. The minimum atomic E-state index is -0.372. The highest BCUT2D eigenvalue weighted by atomic mass is 19.1. The van der Waals surface area contributed by atoms with Gasteiger partial charge in [0, 0.05) is 18.0 Å². The van der Waals surface area contributed by atoms with Crippen molar-refractivity contribution >= 4 is 5.82 Å². The van der Waals surface area contributed by atoms with Crippen molar-refractivity contribution < 1.29 is 8.91 Å². The standard InChI is InChI=1S/C12H8FN5O/c13-8-3-1-2-7(6-8)11-17-12(19-18-11)9-10(14)16-5-4-15-9/h1-6H,(H2,14,16). The number of nitrogens with two attached hydrogens (primary N) is 1. The number of aromatic nitrogens is 4. The SMILES string of the molecule is Nc1nccnc1-c1nc(-c2cccc(F)c2)no1. The molecule has 0 bridgehead atoms. The van der Waals surface area contributed by atoms with Crippen LogP contribution in [0, 0.1) is 5.82 Å². The topological polar surface area (TPSA) is 90.7 Å². The van der Waals surface area contributed by atoms with Crippen LogP contribution in [0.5, 0.6) is 0 Å². The summed E-state index contributed by atoms with van der Waals surface area (Å²) in [6.07, 6.45) is 2.93. The first kappa shape index (κ1) is 11.3. The molecule has 1 aromatic carbocycles. The summed E-state index contributed by atoms with van der Waals surface area (Å²) in [5, 5.41) is 3.77. The Hall–Kier alpha value is -2.83. The number of anilines is 1. The zero-order chi connectivity index (χ0) is 13.2. The molecule has 0 saturated heterocycles. The first-order valence-corrected chi connectivity index (χ1v) is 5.40. The second-order valence-corrected chi connectivity index (χ2v) is 3.72. The van der Waals surface area contributed by atoms with Gasteiger partial charge in [-0.3, -0.25) is 0 Å². The molecule has 2 aromatic heterocycles. The molecule has 2 heterocycles. The van der Waals surface area contributed by atoms with E-state index in [2.05, 4.69) is 20.1 Å². The fraction of sp³-hybridized carbons (Fsp3) is 0. The monoisotopic (exact) mass is 257 g/mol. The van der Waals surface area contributed by atoms with E-state index < -0.39 is 0 Å². The van der Waals surface area contributed by atoms with Crippen molar-refractivity contribution in [3.05, 3.63) is 42.5 Å². The molecule has 19 heavy (non-hydrogen) atoms. The van der Waals surface area contributed by atoms with Crippen molar-refractivity contribution in [3.63, 3.8) is 0 Å². The molecule has 0 aliphatic heterocycles. The van der Waals surface area contributed by atoms with Gasteiger partial charge in [0.1, 0.15) is 5.82 Å². The van der Waals surface area contributed by atoms with E-state index in [0.717, 1.165) is 0 Å². The largest absolute Gasteiger partial charge is 0.382 e. The molecule has 94 valence electrons. The van der Waals surface area contributed by atoms with Crippen LogP contribution in [-0.4, -0.2) is 20.1 Å². The van der Waals surface area contributed by atoms with Crippen molar-refractivity contribution in [2.75, 3.05) is 5.73 Å². The third-order valence-electron chi connectivity index (χ3n) is 2.44. The van der Waals surface area contributed by atoms with Crippen LogP contribution < -0.4 is 5.73 Å². The summed E-state index contributed by atoms with van der Waals surface area (Å²) >= 11 is 0. The van der Waals surface area contributed by atoms with Crippen LogP contribution in [0.25, 0.3) is 23.0 Å². The first-order chi connectivity index (χ1) is 9.24. The maximum atomic E-state index is 13.1. The summed E-state index contributed by atoms with van der Waals surface area (Å²) in [7, 11) is 0. The van der Waals surface area contributed by atoms with Crippen LogP contribution in [0.3, 0.4) is 0 Å². The fourth-order valence-electron chi connectivity index (χ4n) is 1.58. The summed E-state index contributed by atoms with van der Waals surface area (Å²) in [5.41, 5.74) is 6.48. The molecule has 0 fully saturated rings. The van der Waals surface area contributed by atoms with Crippen LogP contribution in [0.4, 0.5) is 10.2 Å². The second kappa shape index (κ2) is 4.45. The van der Waals surface area contributed by atoms with Crippen LogP contribution >= 0.6 is 0 Å². The third kappa shape index (κ3) is 2.13. The maximum absolute atomic E-state index is 13.1. The molecule has 0 radical (unpaired) electrons. The Balaban J connectivity index is 2.03. The van der Waals surface area contributed by atoms with E-state index in [0.29, 0.717) is 11.3 Å². The number of nitrogen functional groups attached to an aromatic ring is 1. The number of hydrogen-bond acceptors (Lipinski definition) is 6. The predicted molar refractivity (Wildman–Crippen MR) is 65.1 cm³/mol. The molecule has 3 rings (SSSR count). The fourth-order valence-corrected chi connectivity index (χ4v) is 1.58. The molecule has 7 heteroatoms. The van der Waals surface area contributed by atoms with Gasteiger partial charge in [0.15, 0.2) is 11.5 Å². The van der Waals surface area contributed by atoms with Crippen molar-refractivity contribution in [1.82, 2.24) is 20.1 Å². The van der Waals surface area contributed by atoms with Crippen molar-refractivity contribution in [2.24, 2.45) is 0 Å². The number of halogens is 1. The molecule has 0 saturated carbocycles. The lowest BCUT2D eigenvalue weighted by molar-refractivity contribution is 0.431. The molecule has 0 aliphatic carbocycles. The Morgan fingerprint density at radius 3 is 2.79 bits per heavy atom. The zero-order valence-corrected chi connectivity index (χ0v) is 9.62. The lowest BCUT2D eigenvalue weighted by atomic mass is 10.2. The Bertz CT molecular complexity index is 727. The Morgan fingerprint density at radius 1 is 1.16 bits per heavy atom. The average Bonchev–Trinajstić information content (AvgIpc) is 2.89. The Morgan fingerprint density at radius 2 is 2.00 bits per heavy atom. The highest BCUT2D eigenvalue weighted by Crippen LogP contribution is 2.23. The van der Waals surface area contributed by atoms with Gasteiger partial charge in [-0.2, -0.15) is 4.98 Å². The number of benzene rings is 1. The molecule has 0 spiro atoms. The number of rotatable bonds is 2. The molecule has 0 amide bonds. The van der Waals surface area contributed by atoms with Crippen LogP contribution in [0.15, 0.2) is 41.2 Å². The molecule has 3 aromatic rings. The minimum Gasteiger partial charge on any atom is -0.382 e. The van der Waals surface area contributed by atoms with Crippen molar-refractivity contribution in [1.29, 1.82) is 0 Å². The van der Waals surface area contributed by atoms with Crippen LogP contribution in [-0.2, 0) is 0 Å². The highest BCUT2D eigenvalue weighted by molar-refractivity contribution is 5.64. The van der Waals surface area contributed by atoms with Gasteiger partial charge in [-0.25, -0.2) is 14.4 Å². The zero-order valence-electron chi connectivity index (χ0n) is 9.62. The van der Waals surface area contributed by atoms with Gasteiger partial charge in [0.25, 0.3) is 5.89 Å². The summed E-state index contributed by atoms with van der Waals surface area (Å²) < 4.78 is 18.2. The predicted octanol–water partition coefficient (Wildman–Crippen LogP) is 1.91. The van der Waals surface area contributed by atoms with Gasteiger partial charge in [-0.15, -0.1) is 0 Å². The van der Waals surface area contributed by atoms with Crippen LogP contribution in [0.2, 0.25) is 0 Å². The summed E-state index contributed by atoms with van der Waals surface area (Å²) in [4.78, 5) is 12.0. The van der Waals surface area contributed by atoms with Crippen molar-refractivity contribution in [2.45, 2.75) is 0 Å². The molecule has 0 unspecified atom stereocenters. The van der Waals surface area contributed by atoms with E-state index in [1.54, 1.807) is 12.1 Å². The number of nitrogens with zero attached hydrogens (tertiary/aromatic N) is 4. The van der Waals surface area contributed by atoms with Gasteiger partial charge in [-0.05, 0) is 12.1 Å². The van der Waals surface area contributed by atoms with E-state index in [-0.39, 0.29) is 23.4 Å². The maximum Gasteiger partial charge on any atom is 0.280 e. The average molecular weight is 257 g/mol. The van der Waals surface area contributed by atoms with E-state index in [1.807, 2.05) is 0 Å². The molecule has 0 aliphatic rings. The molecule has 0 atom stereocenters. The van der Waals surface area contributed by atoms with Gasteiger partial charge in [0.2, 0.25) is 5.82 Å². The number of hydrogen-bond donors (Lipinski definition) is 1. The van der Waals surface area contributed by atoms with E-state index >= 15 is 0 Å². The van der Waals surface area contributed by atoms with E-state index in [4.69, 9.17) is 10.3 Å². The summed E-state index contributed by atoms with van der Waals surface area (Å²) in [6, 6.07) is 5.90. The molecule has 6 nitrogen and oxygen atoms in total.